The Kier molecular flexibility index (Phi) is 8.97. The zero-order chi connectivity index (χ0) is 16.7. The summed E-state index contributed by atoms with van der Waals surface area (Å²) in [5.74, 6) is 2.12. The van der Waals surface area contributed by atoms with E-state index in [-0.39, 0.29) is 36.0 Å². The highest BCUT2D eigenvalue weighted by molar-refractivity contribution is 14.0. The van der Waals surface area contributed by atoms with Crippen LogP contribution in [-0.4, -0.2) is 60.5 Å². The maximum atomic E-state index is 11.1. The molecule has 0 radical (unpaired) electrons. The summed E-state index contributed by atoms with van der Waals surface area (Å²) in [7, 11) is 4.72. The Balaban J connectivity index is 0.00000288. The Labute approximate surface area is 158 Å². The molecule has 1 aliphatic heterocycles. The molecule has 0 amide bonds. The first-order valence-electron chi connectivity index (χ1n) is 7.61. The minimum Gasteiger partial charge on any atom is -0.469 e. The monoisotopic (exact) mass is 452 g/mol. The second-order valence-electron chi connectivity index (χ2n) is 5.26. The van der Waals surface area contributed by atoms with E-state index in [1.807, 2.05) is 4.68 Å². The van der Waals surface area contributed by atoms with Crippen LogP contribution < -0.4 is 10.6 Å². The molecule has 1 unspecified atom stereocenters. The molecule has 0 saturated carbocycles. The van der Waals surface area contributed by atoms with Gasteiger partial charge >= 0.3 is 5.97 Å². The first-order valence-corrected chi connectivity index (χ1v) is 7.61. The number of aryl methyl sites for hydroxylation is 1. The molecule has 2 N–H and O–H groups in total. The smallest absolute Gasteiger partial charge is 0.307 e. The SMILES string of the molecule is CN=C(NCCC(=O)OC)NC1CCc2nc(COC)nn2C1.I. The van der Waals surface area contributed by atoms with E-state index in [0.29, 0.717) is 31.4 Å². The highest BCUT2D eigenvalue weighted by Gasteiger charge is 2.22. The maximum Gasteiger partial charge on any atom is 0.307 e. The highest BCUT2D eigenvalue weighted by atomic mass is 127. The average molecular weight is 452 g/mol. The van der Waals surface area contributed by atoms with Crippen molar-refractivity contribution in [2.75, 3.05) is 27.8 Å². The van der Waals surface area contributed by atoms with E-state index in [2.05, 4.69) is 30.4 Å². The van der Waals surface area contributed by atoms with Gasteiger partial charge < -0.3 is 20.1 Å². The van der Waals surface area contributed by atoms with Crippen molar-refractivity contribution in [1.82, 2.24) is 25.4 Å². The Morgan fingerprint density at radius 3 is 2.92 bits per heavy atom. The lowest BCUT2D eigenvalue weighted by Crippen LogP contribution is -2.47. The maximum absolute atomic E-state index is 11.1. The van der Waals surface area contributed by atoms with Crippen molar-refractivity contribution in [3.63, 3.8) is 0 Å². The number of fused-ring (bicyclic) bond motifs is 1. The molecule has 2 rings (SSSR count). The number of halogens is 1. The van der Waals surface area contributed by atoms with Crippen LogP contribution in [0.2, 0.25) is 0 Å². The van der Waals surface area contributed by atoms with Crippen LogP contribution >= 0.6 is 24.0 Å². The predicted octanol–water partition coefficient (Wildman–Crippen LogP) is 0.0854. The summed E-state index contributed by atoms with van der Waals surface area (Å²) in [6.07, 6.45) is 2.10. The molecule has 0 aromatic carbocycles. The normalized spacial score (nSPS) is 16.8. The molecule has 0 bridgehead atoms. The Bertz CT molecular complexity index is 563. The molecule has 1 aromatic heterocycles. The van der Waals surface area contributed by atoms with E-state index in [0.717, 1.165) is 25.2 Å². The zero-order valence-corrected chi connectivity index (χ0v) is 16.6. The third kappa shape index (κ3) is 5.89. The summed E-state index contributed by atoms with van der Waals surface area (Å²) in [6, 6.07) is 0.212. The summed E-state index contributed by atoms with van der Waals surface area (Å²) in [5, 5.41) is 10.9. The molecule has 9 nitrogen and oxygen atoms in total. The molecule has 136 valence electrons. The third-order valence-corrected chi connectivity index (χ3v) is 3.59. The van der Waals surface area contributed by atoms with Gasteiger partial charge in [-0.25, -0.2) is 9.67 Å². The average Bonchev–Trinajstić information content (AvgIpc) is 2.95. The Morgan fingerprint density at radius 1 is 1.46 bits per heavy atom. The van der Waals surface area contributed by atoms with Gasteiger partial charge in [-0.1, -0.05) is 0 Å². The molecule has 1 atom stereocenters. The third-order valence-electron chi connectivity index (χ3n) is 3.59. The number of methoxy groups -OCH3 is 2. The second kappa shape index (κ2) is 10.4. The number of hydrogen-bond donors (Lipinski definition) is 2. The van der Waals surface area contributed by atoms with Crippen LogP contribution in [0.5, 0.6) is 0 Å². The van der Waals surface area contributed by atoms with Gasteiger partial charge in [-0.3, -0.25) is 9.79 Å². The first kappa shape index (κ1) is 20.6. The number of aromatic nitrogens is 3. The number of ether oxygens (including phenoxy) is 2. The number of aliphatic imine (C=N–C) groups is 1. The minimum atomic E-state index is -0.247. The van der Waals surface area contributed by atoms with E-state index in [4.69, 9.17) is 4.74 Å². The molecule has 0 spiro atoms. The van der Waals surface area contributed by atoms with Crippen molar-refractivity contribution < 1.29 is 14.3 Å². The van der Waals surface area contributed by atoms with Crippen LogP contribution in [0, 0.1) is 0 Å². The van der Waals surface area contributed by atoms with Crippen molar-refractivity contribution in [3.8, 4) is 0 Å². The van der Waals surface area contributed by atoms with Crippen LogP contribution in [0.15, 0.2) is 4.99 Å². The van der Waals surface area contributed by atoms with Crippen molar-refractivity contribution in [1.29, 1.82) is 0 Å². The van der Waals surface area contributed by atoms with Gasteiger partial charge in [0.05, 0.1) is 20.1 Å². The fraction of sp³-hybridized carbons (Fsp3) is 0.714. The fourth-order valence-corrected chi connectivity index (χ4v) is 2.44. The highest BCUT2D eigenvalue weighted by Crippen LogP contribution is 2.13. The summed E-state index contributed by atoms with van der Waals surface area (Å²) in [6.45, 7) is 1.63. The van der Waals surface area contributed by atoms with E-state index >= 15 is 0 Å². The summed E-state index contributed by atoms with van der Waals surface area (Å²) in [4.78, 5) is 19.7. The number of carbonyl (C=O) groups is 1. The van der Waals surface area contributed by atoms with Gasteiger partial charge in [0.1, 0.15) is 12.4 Å². The minimum absolute atomic E-state index is 0. The van der Waals surface area contributed by atoms with Gasteiger partial charge in [-0.05, 0) is 6.42 Å². The van der Waals surface area contributed by atoms with Crippen LogP contribution in [0.25, 0.3) is 0 Å². The molecule has 10 heteroatoms. The zero-order valence-electron chi connectivity index (χ0n) is 14.2. The van der Waals surface area contributed by atoms with E-state index in [9.17, 15) is 4.79 Å². The lowest BCUT2D eigenvalue weighted by Gasteiger charge is -2.25. The molecule has 0 saturated heterocycles. The van der Waals surface area contributed by atoms with Gasteiger partial charge in [-0.15, -0.1) is 24.0 Å². The largest absolute Gasteiger partial charge is 0.469 e. The number of nitrogens with zero attached hydrogens (tertiary/aromatic N) is 4. The van der Waals surface area contributed by atoms with Crippen molar-refractivity contribution in [2.45, 2.75) is 38.5 Å². The van der Waals surface area contributed by atoms with E-state index < -0.39 is 0 Å². The lowest BCUT2D eigenvalue weighted by atomic mass is 10.1. The van der Waals surface area contributed by atoms with Crippen molar-refractivity contribution >= 4 is 35.9 Å². The van der Waals surface area contributed by atoms with Crippen molar-refractivity contribution in [2.24, 2.45) is 4.99 Å². The topological polar surface area (TPSA) is 103 Å². The van der Waals surface area contributed by atoms with Gasteiger partial charge in [0, 0.05) is 33.2 Å². The van der Waals surface area contributed by atoms with Gasteiger partial charge in [0.15, 0.2) is 11.8 Å². The summed E-state index contributed by atoms with van der Waals surface area (Å²) < 4.78 is 11.6. The standard InChI is InChI=1S/C14H24N6O3.HI/c1-15-14(16-7-6-13(21)23-3)17-10-4-5-12-18-11(9-22-2)19-20(12)8-10;/h10H,4-9H2,1-3H3,(H2,15,16,17);1H. The van der Waals surface area contributed by atoms with Gasteiger partial charge in [0.25, 0.3) is 0 Å². The number of carbonyl (C=O) groups excluding carboxylic acids is 1. The Morgan fingerprint density at radius 2 is 2.25 bits per heavy atom. The fourth-order valence-electron chi connectivity index (χ4n) is 2.44. The molecule has 2 heterocycles. The van der Waals surface area contributed by atoms with E-state index in [1.165, 1.54) is 7.11 Å². The Hall–Kier alpha value is -1.43. The number of rotatable bonds is 6. The quantitative estimate of drug-likeness (QED) is 0.273. The van der Waals surface area contributed by atoms with Crippen LogP contribution in [0.4, 0.5) is 0 Å². The number of esters is 1. The van der Waals surface area contributed by atoms with Crippen LogP contribution in [0.3, 0.4) is 0 Å². The molecule has 1 aliphatic rings. The first-order chi connectivity index (χ1) is 11.2. The molecule has 0 fully saturated rings. The number of nitrogens with one attached hydrogen (secondary N) is 2. The second-order valence-corrected chi connectivity index (χ2v) is 5.26. The van der Waals surface area contributed by atoms with Crippen LogP contribution in [0.1, 0.15) is 24.5 Å². The van der Waals surface area contributed by atoms with Gasteiger partial charge in [0.2, 0.25) is 0 Å². The summed E-state index contributed by atoms with van der Waals surface area (Å²) >= 11 is 0. The van der Waals surface area contributed by atoms with Gasteiger partial charge in [-0.2, -0.15) is 5.10 Å². The molecule has 0 aliphatic carbocycles. The van der Waals surface area contributed by atoms with Crippen LogP contribution in [-0.2, 0) is 33.8 Å². The molecule has 1 aromatic rings. The molecule has 24 heavy (non-hydrogen) atoms. The number of hydrogen-bond acceptors (Lipinski definition) is 6. The number of guanidine groups is 1. The summed E-state index contributed by atoms with van der Waals surface area (Å²) in [5.41, 5.74) is 0. The lowest BCUT2D eigenvalue weighted by molar-refractivity contribution is -0.140. The molecular weight excluding hydrogens is 427 g/mol. The van der Waals surface area contributed by atoms with E-state index in [1.54, 1.807) is 14.2 Å². The molecular formula is C14H25IN6O3. The predicted molar refractivity (Wildman–Crippen MR) is 99.4 cm³/mol. The van der Waals surface area contributed by atoms with Crippen molar-refractivity contribution in [3.05, 3.63) is 11.6 Å².